The monoisotopic (exact) mass is 290 g/mol. The first-order chi connectivity index (χ1) is 9.16. The molecule has 0 atom stereocenters. The highest BCUT2D eigenvalue weighted by molar-refractivity contribution is 7.99. The molecule has 0 saturated carbocycles. The van der Waals surface area contributed by atoms with Crippen LogP contribution in [-0.4, -0.2) is 11.5 Å². The Balaban J connectivity index is 1.88. The van der Waals surface area contributed by atoms with Crippen molar-refractivity contribution >= 4 is 29.1 Å². The fourth-order valence-electron chi connectivity index (χ4n) is 1.81. The molecule has 0 bridgehead atoms. The maximum Gasteiger partial charge on any atom is 0.172 e. The van der Waals surface area contributed by atoms with Crippen LogP contribution in [0.1, 0.15) is 21.5 Å². The van der Waals surface area contributed by atoms with Crippen molar-refractivity contribution in [2.24, 2.45) is 0 Å². The Labute approximate surface area is 123 Å². The lowest BCUT2D eigenvalue weighted by Crippen LogP contribution is -2.04. The highest BCUT2D eigenvalue weighted by Crippen LogP contribution is 2.17. The van der Waals surface area contributed by atoms with Crippen molar-refractivity contribution in [1.29, 1.82) is 0 Å². The van der Waals surface area contributed by atoms with Gasteiger partial charge in [-0.2, -0.15) is 0 Å². The molecular weight excluding hydrogens is 276 g/mol. The maximum absolute atomic E-state index is 12.1. The Kier molecular flexibility index (Phi) is 5.06. The van der Waals surface area contributed by atoms with Gasteiger partial charge in [0.25, 0.3) is 0 Å². The summed E-state index contributed by atoms with van der Waals surface area (Å²) in [7, 11) is 0. The topological polar surface area (TPSA) is 17.1 Å². The second-order valence-electron chi connectivity index (χ2n) is 4.36. The Hall–Kier alpha value is -1.25. The van der Waals surface area contributed by atoms with E-state index in [9.17, 15) is 4.79 Å². The number of hydrogen-bond acceptors (Lipinski definition) is 2. The van der Waals surface area contributed by atoms with Crippen LogP contribution >= 0.6 is 23.4 Å². The summed E-state index contributed by atoms with van der Waals surface area (Å²) in [6.45, 7) is 1.97. The van der Waals surface area contributed by atoms with Gasteiger partial charge in [-0.1, -0.05) is 48.0 Å². The quantitative estimate of drug-likeness (QED) is 0.738. The molecule has 0 radical (unpaired) electrons. The summed E-state index contributed by atoms with van der Waals surface area (Å²) in [6, 6.07) is 15.5. The zero-order chi connectivity index (χ0) is 13.7. The van der Waals surface area contributed by atoms with Crippen molar-refractivity contribution in [2.45, 2.75) is 12.7 Å². The van der Waals surface area contributed by atoms with Gasteiger partial charge in [-0.25, -0.2) is 0 Å². The van der Waals surface area contributed by atoms with Gasteiger partial charge in [-0.15, -0.1) is 11.8 Å². The second-order valence-corrected chi connectivity index (χ2v) is 5.78. The zero-order valence-corrected chi connectivity index (χ0v) is 12.3. The number of rotatable bonds is 5. The van der Waals surface area contributed by atoms with Crippen LogP contribution in [0.3, 0.4) is 0 Å². The summed E-state index contributed by atoms with van der Waals surface area (Å²) in [5, 5.41) is 0.740. The van der Waals surface area contributed by atoms with Gasteiger partial charge in [0, 0.05) is 16.3 Å². The SMILES string of the molecule is Cc1ccccc1C(=O)CSCc1ccc(Cl)cc1. The molecule has 0 saturated heterocycles. The van der Waals surface area contributed by atoms with Crippen molar-refractivity contribution in [3.8, 4) is 0 Å². The molecule has 0 aromatic heterocycles. The third-order valence-corrected chi connectivity index (χ3v) is 4.12. The molecule has 0 aliphatic heterocycles. The van der Waals surface area contributed by atoms with E-state index in [2.05, 4.69) is 0 Å². The predicted octanol–water partition coefficient (Wildman–Crippen LogP) is 4.76. The van der Waals surface area contributed by atoms with E-state index in [0.717, 1.165) is 21.9 Å². The van der Waals surface area contributed by atoms with Gasteiger partial charge in [0.15, 0.2) is 5.78 Å². The standard InChI is InChI=1S/C16H15ClOS/c1-12-4-2-3-5-15(12)16(18)11-19-10-13-6-8-14(17)9-7-13/h2-9H,10-11H2,1H3. The van der Waals surface area contributed by atoms with Gasteiger partial charge >= 0.3 is 0 Å². The van der Waals surface area contributed by atoms with E-state index in [1.54, 1.807) is 11.8 Å². The van der Waals surface area contributed by atoms with Crippen molar-refractivity contribution in [3.05, 3.63) is 70.2 Å². The van der Waals surface area contributed by atoms with Gasteiger partial charge in [0.05, 0.1) is 5.75 Å². The Morgan fingerprint density at radius 2 is 1.79 bits per heavy atom. The summed E-state index contributed by atoms with van der Waals surface area (Å²) in [5.41, 5.74) is 3.05. The molecule has 19 heavy (non-hydrogen) atoms. The van der Waals surface area contributed by atoms with Gasteiger partial charge < -0.3 is 0 Å². The van der Waals surface area contributed by atoms with Crippen LogP contribution in [0.15, 0.2) is 48.5 Å². The molecule has 98 valence electrons. The number of carbonyl (C=O) groups excluding carboxylic acids is 1. The molecule has 0 aliphatic carbocycles. The largest absolute Gasteiger partial charge is 0.293 e. The number of halogens is 1. The maximum atomic E-state index is 12.1. The van der Waals surface area contributed by atoms with E-state index in [0.29, 0.717) is 5.75 Å². The predicted molar refractivity (Wildman–Crippen MR) is 83.1 cm³/mol. The second kappa shape index (κ2) is 6.78. The molecule has 3 heteroatoms. The first kappa shape index (κ1) is 14.2. The molecule has 2 aromatic rings. The van der Waals surface area contributed by atoms with E-state index in [4.69, 9.17) is 11.6 Å². The average Bonchev–Trinajstić information content (AvgIpc) is 2.41. The van der Waals surface area contributed by atoms with E-state index in [1.807, 2.05) is 55.5 Å². The molecule has 0 amide bonds. The fourth-order valence-corrected chi connectivity index (χ4v) is 2.80. The Morgan fingerprint density at radius 3 is 2.47 bits per heavy atom. The summed E-state index contributed by atoms with van der Waals surface area (Å²) in [5.74, 6) is 1.53. The summed E-state index contributed by atoms with van der Waals surface area (Å²) in [4.78, 5) is 12.1. The van der Waals surface area contributed by atoms with Crippen molar-refractivity contribution < 1.29 is 4.79 Å². The molecule has 0 unspecified atom stereocenters. The van der Waals surface area contributed by atoms with E-state index >= 15 is 0 Å². The molecule has 1 nitrogen and oxygen atoms in total. The van der Waals surface area contributed by atoms with Gasteiger partial charge in [0.1, 0.15) is 0 Å². The van der Waals surface area contributed by atoms with Crippen molar-refractivity contribution in [3.63, 3.8) is 0 Å². The zero-order valence-electron chi connectivity index (χ0n) is 10.7. The third-order valence-electron chi connectivity index (χ3n) is 2.86. The number of hydrogen-bond donors (Lipinski definition) is 0. The smallest absolute Gasteiger partial charge is 0.172 e. The first-order valence-electron chi connectivity index (χ1n) is 6.08. The van der Waals surface area contributed by atoms with Crippen molar-refractivity contribution in [2.75, 3.05) is 5.75 Å². The minimum absolute atomic E-state index is 0.192. The average molecular weight is 291 g/mol. The van der Waals surface area contributed by atoms with Gasteiger partial charge in [-0.3, -0.25) is 4.79 Å². The van der Waals surface area contributed by atoms with Gasteiger partial charge in [-0.05, 0) is 30.2 Å². The first-order valence-corrected chi connectivity index (χ1v) is 7.61. The molecule has 0 fully saturated rings. The van der Waals surface area contributed by atoms with E-state index < -0.39 is 0 Å². The normalized spacial score (nSPS) is 10.4. The third kappa shape index (κ3) is 4.12. The van der Waals surface area contributed by atoms with Crippen molar-refractivity contribution in [1.82, 2.24) is 0 Å². The summed E-state index contributed by atoms with van der Waals surface area (Å²) >= 11 is 7.46. The summed E-state index contributed by atoms with van der Waals surface area (Å²) < 4.78 is 0. The number of carbonyl (C=O) groups is 1. The number of Topliss-reactive ketones (excluding diaryl/α,β-unsaturated/α-hetero) is 1. The molecule has 0 spiro atoms. The van der Waals surface area contributed by atoms with Crippen LogP contribution in [0.5, 0.6) is 0 Å². The summed E-state index contributed by atoms with van der Waals surface area (Å²) in [6.07, 6.45) is 0. The van der Waals surface area contributed by atoms with E-state index in [1.165, 1.54) is 5.56 Å². The van der Waals surface area contributed by atoms with Gasteiger partial charge in [0.2, 0.25) is 0 Å². The Morgan fingerprint density at radius 1 is 1.11 bits per heavy atom. The number of ketones is 1. The van der Waals surface area contributed by atoms with Crippen LogP contribution < -0.4 is 0 Å². The van der Waals surface area contributed by atoms with Crippen LogP contribution in [0.4, 0.5) is 0 Å². The molecular formula is C16H15ClOS. The van der Waals surface area contributed by atoms with Crippen LogP contribution in [0, 0.1) is 6.92 Å². The van der Waals surface area contributed by atoms with Crippen LogP contribution in [-0.2, 0) is 5.75 Å². The minimum atomic E-state index is 0.192. The number of benzene rings is 2. The number of thioether (sulfide) groups is 1. The molecule has 0 N–H and O–H groups in total. The highest BCUT2D eigenvalue weighted by Gasteiger charge is 2.08. The van der Waals surface area contributed by atoms with Crippen LogP contribution in [0.2, 0.25) is 5.02 Å². The number of aryl methyl sites for hydroxylation is 1. The lowest BCUT2D eigenvalue weighted by Gasteiger charge is -2.05. The lowest BCUT2D eigenvalue weighted by atomic mass is 10.1. The van der Waals surface area contributed by atoms with Crippen LogP contribution in [0.25, 0.3) is 0 Å². The molecule has 0 aliphatic rings. The highest BCUT2D eigenvalue weighted by atomic mass is 35.5. The Bertz CT molecular complexity index is 563. The molecule has 2 aromatic carbocycles. The van der Waals surface area contributed by atoms with E-state index in [-0.39, 0.29) is 5.78 Å². The molecule has 0 heterocycles. The lowest BCUT2D eigenvalue weighted by molar-refractivity contribution is 0.102. The molecule has 2 rings (SSSR count). The minimum Gasteiger partial charge on any atom is -0.293 e. The fraction of sp³-hybridized carbons (Fsp3) is 0.188.